The average molecular weight is 714 g/mol. The van der Waals surface area contributed by atoms with E-state index in [-0.39, 0.29) is 21.8 Å². The molecule has 3 aromatic heterocycles. The van der Waals surface area contributed by atoms with E-state index >= 15 is 4.79 Å². The van der Waals surface area contributed by atoms with Gasteiger partial charge in [0.25, 0.3) is 5.56 Å². The molecule has 0 radical (unpaired) electrons. The van der Waals surface area contributed by atoms with E-state index in [1.54, 1.807) is 0 Å². The summed E-state index contributed by atoms with van der Waals surface area (Å²) < 4.78 is 1.84. The van der Waals surface area contributed by atoms with Crippen molar-refractivity contribution in [2.24, 2.45) is 0 Å². The lowest BCUT2D eigenvalue weighted by molar-refractivity contribution is 0.571. The molecular formula is C51H43N3O. The van der Waals surface area contributed by atoms with E-state index in [4.69, 9.17) is 9.97 Å². The van der Waals surface area contributed by atoms with Crippen molar-refractivity contribution in [3.63, 3.8) is 0 Å². The monoisotopic (exact) mass is 713 g/mol. The van der Waals surface area contributed by atoms with Crippen LogP contribution >= 0.6 is 0 Å². The highest BCUT2D eigenvalue weighted by Crippen LogP contribution is 2.55. The van der Waals surface area contributed by atoms with Gasteiger partial charge in [-0.25, -0.2) is 9.97 Å². The Morgan fingerprint density at radius 1 is 0.455 bits per heavy atom. The van der Waals surface area contributed by atoms with Crippen LogP contribution in [0.2, 0.25) is 0 Å². The average Bonchev–Trinajstić information content (AvgIpc) is 3.80. The number of imidazole rings is 1. The summed E-state index contributed by atoms with van der Waals surface area (Å²) in [7, 11) is 0. The number of hydrogen-bond donors (Lipinski definition) is 0. The van der Waals surface area contributed by atoms with Crippen LogP contribution in [0.4, 0.5) is 0 Å². The van der Waals surface area contributed by atoms with Crippen LogP contribution in [0, 0.1) is 0 Å². The lowest BCUT2D eigenvalue weighted by Crippen LogP contribution is -2.13. The van der Waals surface area contributed by atoms with Crippen LogP contribution in [0.25, 0.3) is 104 Å². The third kappa shape index (κ3) is 4.15. The summed E-state index contributed by atoms with van der Waals surface area (Å²) in [5.41, 5.74) is 10.0. The molecule has 0 saturated heterocycles. The molecule has 0 aliphatic heterocycles. The summed E-state index contributed by atoms with van der Waals surface area (Å²) >= 11 is 0. The lowest BCUT2D eigenvalue weighted by Gasteiger charge is -2.24. The Kier molecular flexibility index (Phi) is 6.07. The lowest BCUT2D eigenvalue weighted by atomic mass is 9.80. The van der Waals surface area contributed by atoms with E-state index in [2.05, 4.69) is 153 Å². The first-order valence-corrected chi connectivity index (χ1v) is 19.6. The Bertz CT molecular complexity index is 3430. The second-order valence-electron chi connectivity index (χ2n) is 19.0. The smallest absolute Gasteiger partial charge is 0.265 e. The molecule has 0 N–H and O–H groups in total. The molecule has 0 bridgehead atoms. The van der Waals surface area contributed by atoms with Crippen LogP contribution < -0.4 is 5.56 Å². The molecule has 11 rings (SSSR count). The maximum absolute atomic E-state index is 15.3. The zero-order chi connectivity index (χ0) is 38.1. The molecule has 0 spiro atoms. The number of hydrogen-bond acceptors (Lipinski definition) is 3. The second kappa shape index (κ2) is 10.2. The second-order valence-corrected chi connectivity index (χ2v) is 19.0. The summed E-state index contributed by atoms with van der Waals surface area (Å²) in [6, 6.07) is 35.7. The zero-order valence-corrected chi connectivity index (χ0v) is 33.0. The maximum atomic E-state index is 15.3. The van der Waals surface area contributed by atoms with Crippen molar-refractivity contribution >= 4 is 81.4 Å². The Morgan fingerprint density at radius 2 is 0.964 bits per heavy atom. The molecule has 4 heteroatoms. The van der Waals surface area contributed by atoms with Crippen LogP contribution in [0.3, 0.4) is 0 Å². The Balaban J connectivity index is 1.43. The van der Waals surface area contributed by atoms with Gasteiger partial charge in [-0.05, 0) is 122 Å². The summed E-state index contributed by atoms with van der Waals surface area (Å²) in [5, 5.41) is 13.7. The van der Waals surface area contributed by atoms with Gasteiger partial charge in [0.05, 0.1) is 10.9 Å². The van der Waals surface area contributed by atoms with Gasteiger partial charge < -0.3 is 0 Å². The first-order chi connectivity index (χ1) is 26.1. The van der Waals surface area contributed by atoms with Crippen molar-refractivity contribution in [3.8, 4) is 22.3 Å². The minimum Gasteiger partial charge on any atom is -0.268 e. The van der Waals surface area contributed by atoms with Crippen LogP contribution in [0.5, 0.6) is 0 Å². The molecule has 268 valence electrons. The van der Waals surface area contributed by atoms with E-state index in [0.29, 0.717) is 11.3 Å². The minimum atomic E-state index is -0.150. The molecule has 0 aliphatic rings. The number of nitrogens with zero attached hydrogens (tertiary/aromatic N) is 3. The van der Waals surface area contributed by atoms with E-state index in [1.807, 2.05) is 10.5 Å². The molecular weight excluding hydrogens is 671 g/mol. The number of benzene rings is 7. The number of fused-ring (bicyclic) bond motifs is 7. The summed E-state index contributed by atoms with van der Waals surface area (Å²) in [6.07, 6.45) is 0. The van der Waals surface area contributed by atoms with Crippen molar-refractivity contribution in [1.82, 2.24) is 14.4 Å². The van der Waals surface area contributed by atoms with Gasteiger partial charge >= 0.3 is 0 Å². The summed E-state index contributed by atoms with van der Waals surface area (Å²) in [4.78, 5) is 25.6. The van der Waals surface area contributed by atoms with Gasteiger partial charge in [0.2, 0.25) is 0 Å². The molecule has 3 heterocycles. The number of rotatable bonds is 2. The predicted octanol–water partition coefficient (Wildman–Crippen LogP) is 13.1. The van der Waals surface area contributed by atoms with Crippen molar-refractivity contribution in [1.29, 1.82) is 0 Å². The highest BCUT2D eigenvalue weighted by molar-refractivity contribution is 6.50. The normalized spacial score (nSPS) is 13.6. The van der Waals surface area contributed by atoms with Gasteiger partial charge in [0, 0.05) is 16.5 Å². The van der Waals surface area contributed by atoms with Gasteiger partial charge in [-0.2, -0.15) is 0 Å². The predicted molar refractivity (Wildman–Crippen MR) is 234 cm³/mol. The fraction of sp³-hybridized carbons (Fsp3) is 0.235. The fourth-order valence-electron chi connectivity index (χ4n) is 9.94. The van der Waals surface area contributed by atoms with Crippen molar-refractivity contribution in [2.75, 3.05) is 0 Å². The zero-order valence-electron chi connectivity index (χ0n) is 33.0. The molecule has 8 aromatic carbocycles. The van der Waals surface area contributed by atoms with Gasteiger partial charge in [-0.3, -0.25) is 9.20 Å². The van der Waals surface area contributed by atoms with Gasteiger partial charge in [-0.1, -0.05) is 135 Å². The third-order valence-electron chi connectivity index (χ3n) is 12.4. The van der Waals surface area contributed by atoms with Crippen molar-refractivity contribution in [2.45, 2.75) is 78.6 Å². The van der Waals surface area contributed by atoms with Crippen molar-refractivity contribution in [3.05, 3.63) is 124 Å². The molecule has 55 heavy (non-hydrogen) atoms. The highest BCUT2D eigenvalue weighted by Gasteiger charge is 2.32. The van der Waals surface area contributed by atoms with Gasteiger partial charge in [0.15, 0.2) is 11.3 Å². The first kappa shape index (κ1) is 32.6. The highest BCUT2D eigenvalue weighted by atomic mass is 16.1. The van der Waals surface area contributed by atoms with Crippen LogP contribution in [-0.2, 0) is 16.2 Å². The first-order valence-electron chi connectivity index (χ1n) is 19.6. The van der Waals surface area contributed by atoms with E-state index < -0.39 is 0 Å². The van der Waals surface area contributed by atoms with Crippen LogP contribution in [-0.4, -0.2) is 14.4 Å². The van der Waals surface area contributed by atoms with E-state index in [0.717, 1.165) is 32.8 Å². The molecule has 11 aromatic rings. The minimum absolute atomic E-state index is 0.0333. The van der Waals surface area contributed by atoms with E-state index in [9.17, 15) is 0 Å². The number of aromatic nitrogens is 3. The van der Waals surface area contributed by atoms with Gasteiger partial charge in [0.1, 0.15) is 0 Å². The summed E-state index contributed by atoms with van der Waals surface area (Å²) in [6.45, 7) is 20.2. The largest absolute Gasteiger partial charge is 0.268 e. The number of pyridine rings is 1. The topological polar surface area (TPSA) is 47.3 Å². The molecule has 0 unspecified atom stereocenters. The van der Waals surface area contributed by atoms with Crippen molar-refractivity contribution < 1.29 is 0 Å². The molecule has 0 saturated carbocycles. The molecule has 4 nitrogen and oxygen atoms in total. The molecule has 0 amide bonds. The maximum Gasteiger partial charge on any atom is 0.265 e. The van der Waals surface area contributed by atoms with Gasteiger partial charge in [-0.15, -0.1) is 0 Å². The molecule has 0 aliphatic carbocycles. The third-order valence-corrected chi connectivity index (χ3v) is 12.4. The Labute approximate surface area is 319 Å². The molecule has 0 atom stereocenters. The quantitative estimate of drug-likeness (QED) is 0.168. The summed E-state index contributed by atoms with van der Waals surface area (Å²) in [5.74, 6) is 0. The fourth-order valence-corrected chi connectivity index (χ4v) is 9.94. The Morgan fingerprint density at radius 3 is 1.49 bits per heavy atom. The Hall–Kier alpha value is -5.87. The van der Waals surface area contributed by atoms with E-state index in [1.165, 1.54) is 76.5 Å². The SMILES string of the molecule is CC(C)(C)c1ccc2c(n1)nc1c3c4cc(-c5ccccc5C(C)(C)C)c5ccc6ccc7c(-c8ccccc8C(C)(C)C)cc(c3c(=O)n21)c1c7c6c5c41. The molecule has 0 fully saturated rings. The van der Waals surface area contributed by atoms with Crippen LogP contribution in [0.1, 0.15) is 79.1 Å². The standard InChI is InChI=1S/C51H43N3O/c1-49(2,3)35-16-12-10-14-27(35)31-24-33-42-40-29(31)20-18-26-19-21-30-32(28-15-11-13-17-36(28)50(4,5)6)25-34(43(42)41(30)39(26)40)45-44(33)47-53-46-37(54(47)48(45)55)22-23-38(52-46)51(7,8)9/h10-25H,1-9H3. The van der Waals surface area contributed by atoms with Crippen LogP contribution in [0.15, 0.2) is 102 Å².